The molecule has 0 aliphatic carbocycles. The van der Waals surface area contributed by atoms with Crippen LogP contribution < -0.4 is 4.90 Å². The normalized spacial score (nSPS) is 10.9. The number of rotatable bonds is 6. The molecule has 0 bridgehead atoms. The van der Waals surface area contributed by atoms with E-state index in [4.69, 9.17) is 0 Å². The molecule has 0 unspecified atom stereocenters. The number of amides is 1. The summed E-state index contributed by atoms with van der Waals surface area (Å²) in [6.07, 6.45) is 0. The van der Waals surface area contributed by atoms with Crippen molar-refractivity contribution in [3.05, 3.63) is 88.9 Å². The minimum absolute atomic E-state index is 0.0390. The monoisotopic (exact) mass is 404 g/mol. The molecule has 4 rings (SSSR count). The average Bonchev–Trinajstić information content (AvgIpc) is 3.29. The fraction of sp³-hybridized carbons (Fsp3) is 0.130. The lowest BCUT2D eigenvalue weighted by molar-refractivity contribution is -0.119. The molecule has 0 spiro atoms. The Bertz CT molecular complexity index is 1180. The van der Waals surface area contributed by atoms with Crippen LogP contribution in [0, 0.1) is 6.92 Å². The Balaban J connectivity index is 1.71. The lowest BCUT2D eigenvalue weighted by Crippen LogP contribution is -2.34. The van der Waals surface area contributed by atoms with Gasteiger partial charge in [0.1, 0.15) is 12.2 Å². The summed E-state index contributed by atoms with van der Waals surface area (Å²) >= 11 is 1.47. The molecule has 0 aliphatic rings. The number of aryl methyl sites for hydroxylation is 1. The lowest BCUT2D eigenvalue weighted by Gasteiger charge is -2.24. The third-order valence-corrected chi connectivity index (χ3v) is 5.69. The number of aromatic carboxylic acids is 1. The smallest absolute Gasteiger partial charge is 0.352 e. The molecular weight excluding hydrogens is 384 g/mol. The third-order valence-electron chi connectivity index (χ3n) is 4.83. The van der Waals surface area contributed by atoms with Crippen LogP contribution in [0.4, 0.5) is 5.69 Å². The van der Waals surface area contributed by atoms with E-state index in [-0.39, 0.29) is 18.1 Å². The number of fused-ring (bicyclic) bond motifs is 1. The molecule has 2 aromatic heterocycles. The van der Waals surface area contributed by atoms with Gasteiger partial charge in [-0.25, -0.2) is 4.79 Å². The summed E-state index contributed by atoms with van der Waals surface area (Å²) in [7, 11) is 0. The second-order valence-corrected chi connectivity index (χ2v) is 7.84. The summed E-state index contributed by atoms with van der Waals surface area (Å²) in [6, 6.07) is 21.0. The van der Waals surface area contributed by atoms with E-state index in [1.165, 1.54) is 11.3 Å². The maximum Gasteiger partial charge on any atom is 0.352 e. The summed E-state index contributed by atoms with van der Waals surface area (Å²) in [5, 5.41) is 11.5. The molecule has 146 valence electrons. The minimum atomic E-state index is -1.04. The second kappa shape index (κ2) is 7.93. The van der Waals surface area contributed by atoms with E-state index in [9.17, 15) is 14.7 Å². The molecule has 0 saturated carbocycles. The third kappa shape index (κ3) is 3.93. The summed E-state index contributed by atoms with van der Waals surface area (Å²) in [6.45, 7) is 2.36. The van der Waals surface area contributed by atoms with E-state index in [1.807, 2.05) is 73.0 Å². The van der Waals surface area contributed by atoms with Gasteiger partial charge in [-0.05, 0) is 47.7 Å². The van der Waals surface area contributed by atoms with Crippen molar-refractivity contribution in [2.75, 3.05) is 4.90 Å². The van der Waals surface area contributed by atoms with Gasteiger partial charge in [-0.1, -0.05) is 42.5 Å². The van der Waals surface area contributed by atoms with Gasteiger partial charge < -0.3 is 14.6 Å². The molecule has 0 radical (unpaired) electrons. The van der Waals surface area contributed by atoms with Crippen LogP contribution in [0.15, 0.2) is 72.1 Å². The number of hydrogen-bond donors (Lipinski definition) is 1. The number of benzene rings is 2. The quantitative estimate of drug-likeness (QED) is 0.495. The highest BCUT2D eigenvalue weighted by Gasteiger charge is 2.22. The van der Waals surface area contributed by atoms with Gasteiger partial charge in [0.05, 0.1) is 16.8 Å². The van der Waals surface area contributed by atoms with Gasteiger partial charge in [-0.3, -0.25) is 4.79 Å². The fourth-order valence-corrected chi connectivity index (χ4v) is 4.25. The van der Waals surface area contributed by atoms with Crippen LogP contribution in [0.5, 0.6) is 0 Å². The number of nitrogens with zero attached hydrogens (tertiary/aromatic N) is 2. The Morgan fingerprint density at radius 2 is 1.83 bits per heavy atom. The predicted octanol–water partition coefficient (Wildman–Crippen LogP) is 4.94. The van der Waals surface area contributed by atoms with Crippen LogP contribution in [-0.4, -0.2) is 21.6 Å². The molecule has 2 heterocycles. The zero-order valence-electron chi connectivity index (χ0n) is 15.9. The fourth-order valence-electron chi connectivity index (χ4n) is 3.43. The van der Waals surface area contributed by atoms with E-state index in [0.29, 0.717) is 6.54 Å². The van der Waals surface area contributed by atoms with Crippen LogP contribution in [-0.2, 0) is 17.9 Å². The molecule has 0 fully saturated rings. The number of hydrogen-bond acceptors (Lipinski definition) is 3. The van der Waals surface area contributed by atoms with Crippen molar-refractivity contribution in [2.24, 2.45) is 0 Å². The first-order valence-electron chi connectivity index (χ1n) is 9.24. The predicted molar refractivity (Wildman–Crippen MR) is 116 cm³/mol. The van der Waals surface area contributed by atoms with E-state index in [0.717, 1.165) is 27.0 Å². The van der Waals surface area contributed by atoms with Crippen LogP contribution in [0.2, 0.25) is 0 Å². The number of carboxylic acid groups (broad SMARTS) is 1. The second-order valence-electron chi connectivity index (χ2n) is 6.90. The molecule has 0 atom stereocenters. The van der Waals surface area contributed by atoms with E-state index >= 15 is 0 Å². The van der Waals surface area contributed by atoms with Gasteiger partial charge >= 0.3 is 5.97 Å². The van der Waals surface area contributed by atoms with Crippen molar-refractivity contribution < 1.29 is 14.7 Å². The number of carboxylic acids is 1. The first kappa shape index (κ1) is 19.0. The van der Waals surface area contributed by atoms with Crippen molar-refractivity contribution in [2.45, 2.75) is 20.0 Å². The minimum Gasteiger partial charge on any atom is -0.477 e. The Kier molecular flexibility index (Phi) is 5.18. The van der Waals surface area contributed by atoms with Crippen LogP contribution in [0.1, 0.15) is 21.6 Å². The van der Waals surface area contributed by atoms with Crippen molar-refractivity contribution in [3.8, 4) is 0 Å². The first-order valence-corrected chi connectivity index (χ1v) is 10.1. The molecule has 5 nitrogen and oxygen atoms in total. The zero-order valence-corrected chi connectivity index (χ0v) is 16.7. The van der Waals surface area contributed by atoms with Crippen molar-refractivity contribution in [3.63, 3.8) is 0 Å². The Morgan fingerprint density at radius 1 is 1.03 bits per heavy atom. The Hall–Kier alpha value is -3.38. The summed E-state index contributed by atoms with van der Waals surface area (Å²) < 4.78 is 2.45. The topological polar surface area (TPSA) is 62.5 Å². The Morgan fingerprint density at radius 3 is 2.55 bits per heavy atom. The summed E-state index contributed by atoms with van der Waals surface area (Å²) in [5.74, 6) is -1.20. The highest BCUT2D eigenvalue weighted by molar-refractivity contribution is 7.17. The van der Waals surface area contributed by atoms with Crippen molar-refractivity contribution >= 4 is 39.1 Å². The highest BCUT2D eigenvalue weighted by atomic mass is 32.1. The maximum atomic E-state index is 13.4. The molecule has 0 saturated heterocycles. The molecule has 2 aromatic carbocycles. The average molecular weight is 404 g/mol. The van der Waals surface area contributed by atoms with E-state index < -0.39 is 5.97 Å². The highest BCUT2D eigenvalue weighted by Crippen LogP contribution is 2.26. The molecule has 1 N–H and O–H groups in total. The molecular formula is C23H20N2O3S. The summed E-state index contributed by atoms with van der Waals surface area (Å²) in [5.41, 5.74) is 3.76. The maximum absolute atomic E-state index is 13.4. The van der Waals surface area contributed by atoms with Crippen LogP contribution in [0.3, 0.4) is 0 Å². The van der Waals surface area contributed by atoms with Gasteiger partial charge in [-0.15, -0.1) is 11.3 Å². The number of thiophene rings is 1. The molecule has 4 aromatic rings. The van der Waals surface area contributed by atoms with Gasteiger partial charge in [0.25, 0.3) is 0 Å². The number of carbonyl (C=O) groups is 2. The van der Waals surface area contributed by atoms with Gasteiger partial charge in [0.15, 0.2) is 0 Å². The zero-order chi connectivity index (χ0) is 20.4. The van der Waals surface area contributed by atoms with Gasteiger partial charge in [-0.2, -0.15) is 0 Å². The van der Waals surface area contributed by atoms with Crippen LogP contribution >= 0.6 is 11.3 Å². The molecule has 1 amide bonds. The lowest BCUT2D eigenvalue weighted by atomic mass is 10.1. The largest absolute Gasteiger partial charge is 0.477 e. The molecule has 6 heteroatoms. The Labute approximate surface area is 172 Å². The number of carbonyl (C=O) groups excluding carboxylic acids is 1. The standard InChI is InChI=1S/C23H20N2O3S/c1-16-6-5-9-18(12-16)24(14-17-7-3-2-4-8-17)22(26)15-25-19-10-11-29-21(19)13-20(25)23(27)28/h2-13H,14-15H2,1H3,(H,27,28). The van der Waals surface area contributed by atoms with Crippen molar-refractivity contribution in [1.82, 2.24) is 4.57 Å². The van der Waals surface area contributed by atoms with E-state index in [1.54, 1.807) is 15.5 Å². The number of anilines is 1. The number of aromatic nitrogens is 1. The van der Waals surface area contributed by atoms with Gasteiger partial charge in [0.2, 0.25) is 5.91 Å². The molecule has 29 heavy (non-hydrogen) atoms. The van der Waals surface area contributed by atoms with Crippen molar-refractivity contribution in [1.29, 1.82) is 0 Å². The molecule has 0 aliphatic heterocycles. The van der Waals surface area contributed by atoms with Gasteiger partial charge in [0, 0.05) is 5.69 Å². The van der Waals surface area contributed by atoms with Crippen LogP contribution in [0.25, 0.3) is 10.2 Å². The first-order chi connectivity index (χ1) is 14.0. The van der Waals surface area contributed by atoms with E-state index in [2.05, 4.69) is 0 Å². The SMILES string of the molecule is Cc1cccc(N(Cc2ccccc2)C(=O)Cn2c(C(=O)O)cc3sccc32)c1. The summed E-state index contributed by atoms with van der Waals surface area (Å²) in [4.78, 5) is 26.8.